The maximum Gasteiger partial charge on any atom is 0.307 e. The molecule has 3 heteroatoms. The molecule has 0 aliphatic rings. The Morgan fingerprint density at radius 1 is 1.09 bits per heavy atom. The summed E-state index contributed by atoms with van der Waals surface area (Å²) in [5, 5.41) is 8.75. The third-order valence-electron chi connectivity index (χ3n) is 3.56. The van der Waals surface area contributed by atoms with Crippen molar-refractivity contribution < 1.29 is 14.7 Å². The average Bonchev–Trinajstić information content (AvgIpc) is 2.54. The summed E-state index contributed by atoms with van der Waals surface area (Å²) in [6, 6.07) is 14.8. The highest BCUT2D eigenvalue weighted by molar-refractivity contribution is 5.70. The van der Waals surface area contributed by atoms with Crippen LogP contribution in [0.25, 0.3) is 0 Å². The molecule has 0 unspecified atom stereocenters. The van der Waals surface area contributed by atoms with Gasteiger partial charge in [-0.2, -0.15) is 0 Å². The summed E-state index contributed by atoms with van der Waals surface area (Å²) in [4.78, 5) is 21.8. The molecule has 116 valence electrons. The fraction of sp³-hybridized carbons (Fsp3) is 0.200. The Balaban J connectivity index is 2.20. The van der Waals surface area contributed by atoms with Gasteiger partial charge in [0, 0.05) is 16.5 Å². The molecule has 0 saturated heterocycles. The van der Waals surface area contributed by atoms with Crippen LogP contribution in [0.1, 0.15) is 36.1 Å². The second-order valence-corrected chi connectivity index (χ2v) is 5.94. The Labute approximate surface area is 136 Å². The molecule has 2 aromatic carbocycles. The van der Waals surface area contributed by atoms with Crippen molar-refractivity contribution in [2.45, 2.75) is 25.7 Å². The van der Waals surface area contributed by atoms with Crippen LogP contribution in [-0.4, -0.2) is 17.4 Å². The van der Waals surface area contributed by atoms with Gasteiger partial charge >= 0.3 is 5.97 Å². The quantitative estimate of drug-likeness (QED) is 0.697. The third kappa shape index (κ3) is 4.55. The monoisotopic (exact) mass is 306 g/mol. The van der Waals surface area contributed by atoms with E-state index in [9.17, 15) is 9.59 Å². The van der Waals surface area contributed by atoms with Gasteiger partial charge in [-0.05, 0) is 49.2 Å². The summed E-state index contributed by atoms with van der Waals surface area (Å²) in [7, 11) is 0. The average molecular weight is 306 g/mol. The lowest BCUT2D eigenvalue weighted by Gasteiger charge is -2.17. The Morgan fingerprint density at radius 2 is 1.74 bits per heavy atom. The van der Waals surface area contributed by atoms with E-state index < -0.39 is 11.4 Å². The van der Waals surface area contributed by atoms with E-state index in [1.54, 1.807) is 12.1 Å². The zero-order chi connectivity index (χ0) is 16.9. The van der Waals surface area contributed by atoms with E-state index >= 15 is 0 Å². The van der Waals surface area contributed by atoms with Crippen LogP contribution < -0.4 is 0 Å². The van der Waals surface area contributed by atoms with E-state index in [0.717, 1.165) is 28.5 Å². The van der Waals surface area contributed by atoms with E-state index in [1.165, 1.54) is 0 Å². The highest BCUT2D eigenvalue weighted by atomic mass is 16.4. The van der Waals surface area contributed by atoms with Gasteiger partial charge < -0.3 is 9.90 Å². The van der Waals surface area contributed by atoms with Crippen molar-refractivity contribution in [3.63, 3.8) is 0 Å². The molecule has 0 spiro atoms. The Morgan fingerprint density at radius 3 is 2.35 bits per heavy atom. The summed E-state index contributed by atoms with van der Waals surface area (Å²) in [5.41, 5.74) is 2.80. The number of aldehydes is 1. The van der Waals surface area contributed by atoms with Crippen LogP contribution in [0.4, 0.5) is 0 Å². The van der Waals surface area contributed by atoms with Crippen LogP contribution in [0, 0.1) is 11.8 Å². The molecule has 0 saturated carbocycles. The second kappa shape index (κ2) is 6.93. The standard InChI is InChI=1S/C20H18O3/c1-20(2,14-21)18-5-3-4-16(12-18)9-6-15-7-10-17(11-8-15)13-19(22)23/h3-5,7-8,10-12,14H,13H2,1-2H3,(H,22,23). The summed E-state index contributed by atoms with van der Waals surface area (Å²) in [6.07, 6.45) is 0.942. The molecule has 0 fully saturated rings. The molecule has 0 aliphatic carbocycles. The van der Waals surface area contributed by atoms with Crippen LogP contribution >= 0.6 is 0 Å². The van der Waals surface area contributed by atoms with Crippen LogP contribution in [0.5, 0.6) is 0 Å². The first-order chi connectivity index (χ1) is 10.9. The van der Waals surface area contributed by atoms with Gasteiger partial charge in [-0.25, -0.2) is 0 Å². The first-order valence-corrected chi connectivity index (χ1v) is 7.30. The van der Waals surface area contributed by atoms with Crippen molar-refractivity contribution in [1.29, 1.82) is 0 Å². The highest BCUT2D eigenvalue weighted by Crippen LogP contribution is 2.21. The summed E-state index contributed by atoms with van der Waals surface area (Å²) < 4.78 is 0. The zero-order valence-corrected chi connectivity index (χ0v) is 13.2. The third-order valence-corrected chi connectivity index (χ3v) is 3.56. The van der Waals surface area contributed by atoms with E-state index in [2.05, 4.69) is 11.8 Å². The zero-order valence-electron chi connectivity index (χ0n) is 13.2. The molecule has 2 rings (SSSR count). The van der Waals surface area contributed by atoms with Gasteiger partial charge in [-0.3, -0.25) is 4.79 Å². The maximum absolute atomic E-state index is 11.1. The summed E-state index contributed by atoms with van der Waals surface area (Å²) >= 11 is 0. The fourth-order valence-electron chi connectivity index (χ4n) is 2.09. The van der Waals surface area contributed by atoms with Crippen LogP contribution in [0.2, 0.25) is 0 Å². The lowest BCUT2D eigenvalue weighted by molar-refractivity contribution is -0.136. The number of benzene rings is 2. The molecule has 2 aromatic rings. The van der Waals surface area contributed by atoms with E-state index in [-0.39, 0.29) is 6.42 Å². The van der Waals surface area contributed by atoms with Gasteiger partial charge in [-0.15, -0.1) is 0 Å². The molecule has 0 aromatic heterocycles. The Bertz CT molecular complexity index is 775. The van der Waals surface area contributed by atoms with Crippen LogP contribution in [0.15, 0.2) is 48.5 Å². The molecule has 0 aliphatic heterocycles. The largest absolute Gasteiger partial charge is 0.481 e. The molecule has 0 heterocycles. The molecule has 3 nitrogen and oxygen atoms in total. The number of rotatable bonds is 4. The van der Waals surface area contributed by atoms with Crippen molar-refractivity contribution in [3.05, 3.63) is 70.8 Å². The molecule has 23 heavy (non-hydrogen) atoms. The lowest BCUT2D eigenvalue weighted by Crippen LogP contribution is -2.18. The van der Waals surface area contributed by atoms with E-state index in [4.69, 9.17) is 5.11 Å². The van der Waals surface area contributed by atoms with Crippen molar-refractivity contribution in [2.75, 3.05) is 0 Å². The van der Waals surface area contributed by atoms with Crippen molar-refractivity contribution in [3.8, 4) is 11.8 Å². The maximum atomic E-state index is 11.1. The van der Waals surface area contributed by atoms with Gasteiger partial charge in [0.05, 0.1) is 6.42 Å². The van der Waals surface area contributed by atoms with Gasteiger partial charge in [0.2, 0.25) is 0 Å². The topological polar surface area (TPSA) is 54.4 Å². The number of carboxylic acids is 1. The SMILES string of the molecule is CC(C)(C=O)c1cccc(C#Cc2ccc(CC(=O)O)cc2)c1. The predicted molar refractivity (Wildman–Crippen MR) is 89.3 cm³/mol. The predicted octanol–water partition coefficient (Wildman–Crippen LogP) is 3.19. The van der Waals surface area contributed by atoms with Crippen molar-refractivity contribution >= 4 is 12.3 Å². The minimum Gasteiger partial charge on any atom is -0.481 e. The molecule has 0 bridgehead atoms. The molecular formula is C20H18O3. The van der Waals surface area contributed by atoms with Gasteiger partial charge in [0.25, 0.3) is 0 Å². The highest BCUT2D eigenvalue weighted by Gasteiger charge is 2.19. The van der Waals surface area contributed by atoms with Crippen molar-refractivity contribution in [1.82, 2.24) is 0 Å². The number of carboxylic acid groups (broad SMARTS) is 1. The molecule has 0 amide bonds. The van der Waals surface area contributed by atoms with Crippen molar-refractivity contribution in [2.24, 2.45) is 0 Å². The number of hydrogen-bond acceptors (Lipinski definition) is 2. The number of aliphatic carboxylic acids is 1. The second-order valence-electron chi connectivity index (χ2n) is 5.94. The van der Waals surface area contributed by atoms with Gasteiger partial charge in [-0.1, -0.05) is 36.1 Å². The molecule has 0 atom stereocenters. The normalized spacial score (nSPS) is 10.5. The van der Waals surface area contributed by atoms with Gasteiger partial charge in [0.15, 0.2) is 0 Å². The fourth-order valence-corrected chi connectivity index (χ4v) is 2.09. The summed E-state index contributed by atoms with van der Waals surface area (Å²) in [5.74, 6) is 5.28. The van der Waals surface area contributed by atoms with E-state index in [0.29, 0.717) is 0 Å². The Hall–Kier alpha value is -2.86. The first kappa shape index (κ1) is 16.5. The minimum absolute atomic E-state index is 0.0104. The summed E-state index contributed by atoms with van der Waals surface area (Å²) in [6.45, 7) is 3.74. The lowest BCUT2D eigenvalue weighted by atomic mass is 9.85. The minimum atomic E-state index is -0.849. The van der Waals surface area contributed by atoms with Crippen LogP contribution in [-0.2, 0) is 21.4 Å². The Kier molecular flexibility index (Phi) is 4.98. The van der Waals surface area contributed by atoms with E-state index in [1.807, 2.05) is 50.2 Å². The molecule has 0 radical (unpaired) electrons. The molecular weight excluding hydrogens is 288 g/mol. The first-order valence-electron chi connectivity index (χ1n) is 7.30. The smallest absolute Gasteiger partial charge is 0.307 e. The number of carbonyl (C=O) groups excluding carboxylic acids is 1. The van der Waals surface area contributed by atoms with Crippen LogP contribution in [0.3, 0.4) is 0 Å². The molecule has 1 N–H and O–H groups in total. The number of carbonyl (C=O) groups is 2. The van der Waals surface area contributed by atoms with Gasteiger partial charge in [0.1, 0.15) is 6.29 Å². The number of hydrogen-bond donors (Lipinski definition) is 1.